The zero-order valence-corrected chi connectivity index (χ0v) is 9.09. The lowest BCUT2D eigenvalue weighted by molar-refractivity contribution is -0.141. The summed E-state index contributed by atoms with van der Waals surface area (Å²) in [6.45, 7) is 0.826. The van der Waals surface area contributed by atoms with Crippen LogP contribution >= 0.6 is 0 Å². The summed E-state index contributed by atoms with van der Waals surface area (Å²) in [4.78, 5) is 23.9. The number of carbonyl (C=O) groups is 2. The van der Waals surface area contributed by atoms with Crippen molar-refractivity contribution in [2.45, 2.75) is 13.0 Å². The lowest BCUT2D eigenvalue weighted by Gasteiger charge is -2.14. The van der Waals surface area contributed by atoms with Gasteiger partial charge in [-0.3, -0.25) is 9.59 Å². The molecule has 0 radical (unpaired) electrons. The molecule has 1 aliphatic heterocycles. The Morgan fingerprint density at radius 2 is 2.38 bits per heavy atom. The van der Waals surface area contributed by atoms with E-state index in [9.17, 15) is 9.59 Å². The molecule has 1 saturated heterocycles. The molecule has 0 aliphatic carbocycles. The van der Waals surface area contributed by atoms with E-state index in [1.54, 1.807) is 4.90 Å². The highest BCUT2D eigenvalue weighted by atomic mass is 16.4. The van der Waals surface area contributed by atoms with Crippen LogP contribution in [0.3, 0.4) is 0 Å². The summed E-state index contributed by atoms with van der Waals surface area (Å²) in [5.74, 6) is -1.50. The Hall–Kier alpha value is -1.78. The number of aromatic nitrogens is 1. The number of nitrogens with zero attached hydrogens (tertiary/aromatic N) is 2. The first-order chi connectivity index (χ1) is 7.56. The monoisotopic (exact) mass is 222 g/mol. The maximum atomic E-state index is 11.6. The average molecular weight is 222 g/mol. The van der Waals surface area contributed by atoms with Gasteiger partial charge in [0, 0.05) is 39.0 Å². The fourth-order valence-corrected chi connectivity index (χ4v) is 1.97. The van der Waals surface area contributed by atoms with E-state index in [0.717, 1.165) is 5.56 Å². The van der Waals surface area contributed by atoms with Crippen LogP contribution in [0.25, 0.3) is 0 Å². The lowest BCUT2D eigenvalue weighted by Crippen LogP contribution is -2.25. The van der Waals surface area contributed by atoms with Gasteiger partial charge in [0.2, 0.25) is 5.91 Å². The Kier molecular flexibility index (Phi) is 2.68. The van der Waals surface area contributed by atoms with Gasteiger partial charge in [-0.05, 0) is 11.6 Å². The van der Waals surface area contributed by atoms with Crippen LogP contribution in [0.5, 0.6) is 0 Å². The zero-order chi connectivity index (χ0) is 11.7. The third-order valence-corrected chi connectivity index (χ3v) is 2.83. The van der Waals surface area contributed by atoms with Gasteiger partial charge in [-0.25, -0.2) is 0 Å². The van der Waals surface area contributed by atoms with Gasteiger partial charge in [0.1, 0.15) is 0 Å². The molecule has 1 atom stereocenters. The predicted octanol–water partition coefficient (Wildman–Crippen LogP) is 0.458. The Labute approximate surface area is 93.3 Å². The molecule has 0 aromatic carbocycles. The standard InChI is InChI=1S/C11H14N2O3/c1-12-3-2-8(5-12)6-13-7-9(11(15)16)4-10(13)14/h2-3,5,9H,4,6-7H2,1H3,(H,15,16). The van der Waals surface area contributed by atoms with Crippen molar-refractivity contribution in [2.24, 2.45) is 13.0 Å². The van der Waals surface area contributed by atoms with Crippen LogP contribution in [0.2, 0.25) is 0 Å². The SMILES string of the molecule is Cn1ccc(CN2CC(C(=O)O)CC2=O)c1. The van der Waals surface area contributed by atoms with Gasteiger partial charge >= 0.3 is 5.97 Å². The maximum absolute atomic E-state index is 11.6. The molecule has 1 unspecified atom stereocenters. The van der Waals surface area contributed by atoms with Crippen molar-refractivity contribution < 1.29 is 14.7 Å². The first-order valence-corrected chi connectivity index (χ1v) is 5.17. The van der Waals surface area contributed by atoms with E-state index in [1.165, 1.54) is 0 Å². The number of hydrogen-bond acceptors (Lipinski definition) is 2. The topological polar surface area (TPSA) is 62.5 Å². The summed E-state index contributed by atoms with van der Waals surface area (Å²) in [5.41, 5.74) is 1.03. The molecule has 1 amide bonds. The minimum Gasteiger partial charge on any atom is -0.481 e. The molecule has 2 heterocycles. The largest absolute Gasteiger partial charge is 0.481 e. The van der Waals surface area contributed by atoms with Crippen LogP contribution in [-0.4, -0.2) is 33.0 Å². The van der Waals surface area contributed by atoms with Crippen LogP contribution in [0.1, 0.15) is 12.0 Å². The molecular weight excluding hydrogens is 208 g/mol. The highest BCUT2D eigenvalue weighted by Gasteiger charge is 2.34. The zero-order valence-electron chi connectivity index (χ0n) is 9.09. The first-order valence-electron chi connectivity index (χ1n) is 5.17. The van der Waals surface area contributed by atoms with E-state index in [2.05, 4.69) is 0 Å². The summed E-state index contributed by atoms with van der Waals surface area (Å²) in [5, 5.41) is 8.84. The molecule has 5 heteroatoms. The smallest absolute Gasteiger partial charge is 0.308 e. The molecule has 86 valence electrons. The molecule has 1 aromatic heterocycles. The van der Waals surface area contributed by atoms with Crippen molar-refractivity contribution >= 4 is 11.9 Å². The Bertz CT molecular complexity index is 425. The van der Waals surface area contributed by atoms with Crippen molar-refractivity contribution in [1.82, 2.24) is 9.47 Å². The normalized spacial score (nSPS) is 20.4. The second kappa shape index (κ2) is 4.00. The van der Waals surface area contributed by atoms with E-state index in [0.29, 0.717) is 13.1 Å². The number of rotatable bonds is 3. The average Bonchev–Trinajstić information content (AvgIpc) is 2.75. The van der Waals surface area contributed by atoms with Crippen molar-refractivity contribution in [3.05, 3.63) is 24.0 Å². The predicted molar refractivity (Wildman–Crippen MR) is 56.6 cm³/mol. The molecule has 1 aliphatic rings. The third-order valence-electron chi connectivity index (χ3n) is 2.83. The number of carboxylic acids is 1. The van der Waals surface area contributed by atoms with Crippen LogP contribution in [0.15, 0.2) is 18.5 Å². The molecule has 5 nitrogen and oxygen atoms in total. The van der Waals surface area contributed by atoms with E-state index >= 15 is 0 Å². The van der Waals surface area contributed by atoms with Gasteiger partial charge in [0.15, 0.2) is 0 Å². The van der Waals surface area contributed by atoms with Crippen LogP contribution in [0.4, 0.5) is 0 Å². The number of carbonyl (C=O) groups excluding carboxylic acids is 1. The molecule has 2 rings (SSSR count). The summed E-state index contributed by atoms with van der Waals surface area (Å²) >= 11 is 0. The van der Waals surface area contributed by atoms with Gasteiger partial charge in [0.25, 0.3) is 0 Å². The third kappa shape index (κ3) is 2.08. The van der Waals surface area contributed by atoms with Crippen LogP contribution in [-0.2, 0) is 23.2 Å². The summed E-state index contributed by atoms with van der Waals surface area (Å²) in [6, 6.07) is 1.93. The van der Waals surface area contributed by atoms with Crippen molar-refractivity contribution in [3.63, 3.8) is 0 Å². The molecule has 1 fully saturated rings. The van der Waals surface area contributed by atoms with Crippen molar-refractivity contribution in [2.75, 3.05) is 6.54 Å². The molecular formula is C11H14N2O3. The molecule has 1 aromatic rings. The minimum absolute atomic E-state index is 0.0729. The molecule has 0 bridgehead atoms. The summed E-state index contributed by atoms with van der Waals surface area (Å²) in [7, 11) is 1.91. The van der Waals surface area contributed by atoms with E-state index < -0.39 is 11.9 Å². The van der Waals surface area contributed by atoms with Gasteiger partial charge < -0.3 is 14.6 Å². The Balaban J connectivity index is 2.01. The second-order valence-electron chi connectivity index (χ2n) is 4.20. The van der Waals surface area contributed by atoms with E-state index in [-0.39, 0.29) is 12.3 Å². The number of amides is 1. The molecule has 0 spiro atoms. The quantitative estimate of drug-likeness (QED) is 0.808. The van der Waals surface area contributed by atoms with Crippen LogP contribution < -0.4 is 0 Å². The maximum Gasteiger partial charge on any atom is 0.308 e. The Morgan fingerprint density at radius 3 is 2.88 bits per heavy atom. The first kappa shape index (κ1) is 10.7. The van der Waals surface area contributed by atoms with E-state index in [4.69, 9.17) is 5.11 Å². The molecule has 16 heavy (non-hydrogen) atoms. The van der Waals surface area contributed by atoms with Crippen molar-refractivity contribution in [1.29, 1.82) is 0 Å². The number of hydrogen-bond donors (Lipinski definition) is 1. The highest BCUT2D eigenvalue weighted by molar-refractivity contribution is 5.86. The van der Waals surface area contributed by atoms with Gasteiger partial charge in [-0.2, -0.15) is 0 Å². The van der Waals surface area contributed by atoms with Gasteiger partial charge in [-0.15, -0.1) is 0 Å². The van der Waals surface area contributed by atoms with Gasteiger partial charge in [-0.1, -0.05) is 0 Å². The van der Waals surface area contributed by atoms with E-state index in [1.807, 2.05) is 30.1 Å². The number of aliphatic carboxylic acids is 1. The second-order valence-corrected chi connectivity index (χ2v) is 4.20. The fourth-order valence-electron chi connectivity index (χ4n) is 1.97. The summed E-state index contributed by atoms with van der Waals surface area (Å²) in [6.07, 6.45) is 3.97. The molecule has 0 saturated carbocycles. The van der Waals surface area contributed by atoms with Gasteiger partial charge in [0.05, 0.1) is 5.92 Å². The van der Waals surface area contributed by atoms with Crippen LogP contribution in [0, 0.1) is 5.92 Å². The number of likely N-dealkylation sites (tertiary alicyclic amines) is 1. The Morgan fingerprint density at radius 1 is 1.62 bits per heavy atom. The van der Waals surface area contributed by atoms with Crippen molar-refractivity contribution in [3.8, 4) is 0 Å². The fraction of sp³-hybridized carbons (Fsp3) is 0.455. The molecule has 1 N–H and O–H groups in total. The lowest BCUT2D eigenvalue weighted by atomic mass is 10.1. The number of aryl methyl sites for hydroxylation is 1. The summed E-state index contributed by atoms with van der Waals surface area (Å²) < 4.78 is 1.91. The number of carboxylic acid groups (broad SMARTS) is 1. The minimum atomic E-state index is -0.885. The highest BCUT2D eigenvalue weighted by Crippen LogP contribution is 2.20.